The van der Waals surface area contributed by atoms with Gasteiger partial charge in [0.05, 0.1) is 5.56 Å². The Kier molecular flexibility index (Phi) is 4.19. The molecule has 1 heterocycles. The molecule has 108 valence electrons. The van der Waals surface area contributed by atoms with Gasteiger partial charge >= 0.3 is 0 Å². The summed E-state index contributed by atoms with van der Waals surface area (Å²) in [5, 5.41) is 9.92. The van der Waals surface area contributed by atoms with Crippen molar-refractivity contribution in [2.75, 3.05) is 13.1 Å². The quantitative estimate of drug-likeness (QED) is 0.750. The molecule has 1 aromatic carbocycles. The minimum Gasteiger partial charge on any atom is -0.507 e. The lowest BCUT2D eigenvalue weighted by Gasteiger charge is -2.41. The third-order valence-corrected chi connectivity index (χ3v) is 5.44. The Hall–Kier alpha value is -0.780. The Labute approximate surface area is 133 Å². The van der Waals surface area contributed by atoms with Gasteiger partial charge in [-0.05, 0) is 65.5 Å². The molecule has 4 heteroatoms. The van der Waals surface area contributed by atoms with E-state index >= 15 is 0 Å². The molecule has 20 heavy (non-hydrogen) atoms. The molecule has 2 unspecified atom stereocenters. The zero-order chi connectivity index (χ0) is 14.1. The lowest BCUT2D eigenvalue weighted by molar-refractivity contribution is 0.0518. The summed E-state index contributed by atoms with van der Waals surface area (Å²) in [6.45, 7) is 1.71. The molecule has 1 N–H and O–H groups in total. The number of phenolic OH excluding ortho intramolecular Hbond substituents is 1. The average Bonchev–Trinajstić information content (AvgIpc) is 2.48. The highest BCUT2D eigenvalue weighted by molar-refractivity contribution is 14.1. The van der Waals surface area contributed by atoms with E-state index in [0.717, 1.165) is 29.0 Å². The molecule has 3 rings (SSSR count). The van der Waals surface area contributed by atoms with Crippen molar-refractivity contribution >= 4 is 28.5 Å². The number of hydrogen-bond donors (Lipinski definition) is 1. The Balaban J connectivity index is 1.76. The number of benzene rings is 1. The first-order valence-electron chi connectivity index (χ1n) is 7.43. The van der Waals surface area contributed by atoms with E-state index in [1.54, 1.807) is 12.1 Å². The van der Waals surface area contributed by atoms with Crippen molar-refractivity contribution in [1.82, 2.24) is 4.90 Å². The molecule has 2 fully saturated rings. The number of phenols is 1. The molecule has 2 atom stereocenters. The lowest BCUT2D eigenvalue weighted by atomic mass is 9.75. The molecule has 0 radical (unpaired) electrons. The molecule has 3 nitrogen and oxygen atoms in total. The van der Waals surface area contributed by atoms with Crippen molar-refractivity contribution in [2.45, 2.75) is 32.1 Å². The molecule has 1 saturated carbocycles. The van der Waals surface area contributed by atoms with Gasteiger partial charge in [0.1, 0.15) is 5.75 Å². The number of carbonyl (C=O) groups is 1. The van der Waals surface area contributed by atoms with Crippen molar-refractivity contribution in [3.63, 3.8) is 0 Å². The number of amides is 1. The second kappa shape index (κ2) is 5.92. The van der Waals surface area contributed by atoms with Gasteiger partial charge in [-0.2, -0.15) is 0 Å². The summed E-state index contributed by atoms with van der Waals surface area (Å²) in [6.07, 6.45) is 6.37. The van der Waals surface area contributed by atoms with Crippen LogP contribution < -0.4 is 0 Å². The second-order valence-electron chi connectivity index (χ2n) is 6.01. The maximum absolute atomic E-state index is 12.6. The summed E-state index contributed by atoms with van der Waals surface area (Å²) < 4.78 is 0.983. The van der Waals surface area contributed by atoms with Crippen molar-refractivity contribution in [3.05, 3.63) is 27.3 Å². The molecule has 0 bridgehead atoms. The van der Waals surface area contributed by atoms with E-state index in [2.05, 4.69) is 22.6 Å². The molecule has 1 aliphatic carbocycles. The molecular weight excluding hydrogens is 365 g/mol. The summed E-state index contributed by atoms with van der Waals surface area (Å²) in [5.74, 6) is 1.58. The molecule has 1 aromatic rings. The number of halogens is 1. The van der Waals surface area contributed by atoms with Crippen LogP contribution in [0.1, 0.15) is 42.5 Å². The predicted octanol–water partition coefficient (Wildman–Crippen LogP) is 3.65. The maximum Gasteiger partial charge on any atom is 0.257 e. The van der Waals surface area contributed by atoms with Crippen LogP contribution in [-0.4, -0.2) is 29.0 Å². The van der Waals surface area contributed by atoms with E-state index in [1.165, 1.54) is 25.7 Å². The minimum atomic E-state index is -0.00922. The van der Waals surface area contributed by atoms with Crippen molar-refractivity contribution < 1.29 is 9.90 Å². The number of fused-ring (bicyclic) bond motifs is 1. The van der Waals surface area contributed by atoms with E-state index < -0.39 is 0 Å². The van der Waals surface area contributed by atoms with Gasteiger partial charge in [-0.15, -0.1) is 0 Å². The Morgan fingerprint density at radius 3 is 2.75 bits per heavy atom. The van der Waals surface area contributed by atoms with Crippen LogP contribution in [0, 0.1) is 15.4 Å². The van der Waals surface area contributed by atoms with Crippen LogP contribution in [0.5, 0.6) is 5.75 Å². The van der Waals surface area contributed by atoms with Crippen LogP contribution in [0.3, 0.4) is 0 Å². The minimum absolute atomic E-state index is 0.00922. The fourth-order valence-electron chi connectivity index (χ4n) is 3.64. The first-order chi connectivity index (χ1) is 9.65. The fourth-order valence-corrected chi connectivity index (χ4v) is 4.13. The molecule has 2 aliphatic rings. The van der Waals surface area contributed by atoms with Gasteiger partial charge in [-0.3, -0.25) is 4.79 Å². The number of hydrogen-bond acceptors (Lipinski definition) is 2. The van der Waals surface area contributed by atoms with E-state index in [0.29, 0.717) is 11.5 Å². The van der Waals surface area contributed by atoms with Gasteiger partial charge in [-0.1, -0.05) is 19.3 Å². The Bertz CT molecular complexity index is 517. The zero-order valence-electron chi connectivity index (χ0n) is 11.5. The highest BCUT2D eigenvalue weighted by Gasteiger charge is 2.33. The molecule has 0 spiro atoms. The van der Waals surface area contributed by atoms with Crippen LogP contribution in [-0.2, 0) is 0 Å². The zero-order valence-corrected chi connectivity index (χ0v) is 13.7. The van der Waals surface area contributed by atoms with Crippen LogP contribution >= 0.6 is 22.6 Å². The van der Waals surface area contributed by atoms with E-state index in [4.69, 9.17) is 0 Å². The largest absolute Gasteiger partial charge is 0.507 e. The normalized spacial score (nSPS) is 26.1. The molecular formula is C16H20INO2. The number of carbonyl (C=O) groups excluding carboxylic acids is 1. The smallest absolute Gasteiger partial charge is 0.257 e. The van der Waals surface area contributed by atoms with E-state index in [-0.39, 0.29) is 11.7 Å². The van der Waals surface area contributed by atoms with Gasteiger partial charge in [0.25, 0.3) is 5.91 Å². The number of piperidine rings is 1. The highest BCUT2D eigenvalue weighted by atomic mass is 127. The average molecular weight is 385 g/mol. The monoisotopic (exact) mass is 385 g/mol. The number of aromatic hydroxyl groups is 1. The van der Waals surface area contributed by atoms with Crippen LogP contribution in [0.4, 0.5) is 0 Å². The molecule has 1 amide bonds. The van der Waals surface area contributed by atoms with Gasteiger partial charge in [0.15, 0.2) is 0 Å². The van der Waals surface area contributed by atoms with Crippen LogP contribution in [0.2, 0.25) is 0 Å². The fraction of sp³-hybridized carbons (Fsp3) is 0.562. The maximum atomic E-state index is 12.6. The first kappa shape index (κ1) is 14.2. The summed E-state index contributed by atoms with van der Waals surface area (Å²) >= 11 is 2.17. The van der Waals surface area contributed by atoms with Crippen molar-refractivity contribution in [2.24, 2.45) is 11.8 Å². The molecule has 1 saturated heterocycles. The third kappa shape index (κ3) is 2.80. The summed E-state index contributed by atoms with van der Waals surface area (Å²) in [7, 11) is 0. The van der Waals surface area contributed by atoms with Gasteiger partial charge in [-0.25, -0.2) is 0 Å². The third-order valence-electron chi connectivity index (χ3n) is 4.77. The number of rotatable bonds is 1. The lowest BCUT2D eigenvalue weighted by Crippen LogP contribution is -2.44. The standard InChI is InChI=1S/C16H20INO2/c17-13-5-6-15(19)14(9-13)16(20)18-8-7-11-3-1-2-4-12(11)10-18/h5-6,9,11-12,19H,1-4,7-8,10H2. The number of likely N-dealkylation sites (tertiary alicyclic amines) is 1. The van der Waals surface area contributed by atoms with E-state index in [9.17, 15) is 9.90 Å². The Morgan fingerprint density at radius 1 is 1.20 bits per heavy atom. The van der Waals surface area contributed by atoms with Crippen LogP contribution in [0.15, 0.2) is 18.2 Å². The van der Waals surface area contributed by atoms with Crippen molar-refractivity contribution in [3.8, 4) is 5.75 Å². The predicted molar refractivity (Wildman–Crippen MR) is 86.8 cm³/mol. The van der Waals surface area contributed by atoms with Crippen molar-refractivity contribution in [1.29, 1.82) is 0 Å². The van der Waals surface area contributed by atoms with Crippen LogP contribution in [0.25, 0.3) is 0 Å². The molecule has 0 aromatic heterocycles. The topological polar surface area (TPSA) is 40.5 Å². The summed E-state index contributed by atoms with van der Waals surface area (Å²) in [5.41, 5.74) is 0.450. The molecule has 1 aliphatic heterocycles. The highest BCUT2D eigenvalue weighted by Crippen LogP contribution is 2.36. The SMILES string of the molecule is O=C(c1cc(I)ccc1O)N1CCC2CCCCC2C1. The van der Waals surface area contributed by atoms with Gasteiger partial charge in [0, 0.05) is 16.7 Å². The second-order valence-corrected chi connectivity index (χ2v) is 7.25. The van der Waals surface area contributed by atoms with E-state index in [1.807, 2.05) is 11.0 Å². The van der Waals surface area contributed by atoms with Gasteiger partial charge in [0.2, 0.25) is 0 Å². The van der Waals surface area contributed by atoms with Gasteiger partial charge < -0.3 is 10.0 Å². The summed E-state index contributed by atoms with van der Waals surface area (Å²) in [6, 6.07) is 5.22. The summed E-state index contributed by atoms with van der Waals surface area (Å²) in [4.78, 5) is 14.6. The first-order valence-corrected chi connectivity index (χ1v) is 8.51. The Morgan fingerprint density at radius 2 is 1.95 bits per heavy atom. The number of nitrogens with zero attached hydrogens (tertiary/aromatic N) is 1.